The Hall–Kier alpha value is -1.36. The van der Waals surface area contributed by atoms with E-state index in [1.165, 1.54) is 24.3 Å². The highest BCUT2D eigenvalue weighted by atomic mass is 32.2. The van der Waals surface area contributed by atoms with Gasteiger partial charge in [-0.15, -0.1) is 0 Å². The molecule has 0 aliphatic heterocycles. The van der Waals surface area contributed by atoms with Gasteiger partial charge in [-0.3, -0.25) is 0 Å². The normalized spacial score (nSPS) is 16.0. The first-order chi connectivity index (χ1) is 7.49. The molecule has 1 aromatic carbocycles. The minimum Gasteiger partial charge on any atom is -0.478 e. The number of hydrogen-bond acceptors (Lipinski definition) is 3. The molecule has 16 heavy (non-hydrogen) atoms. The Balaban J connectivity index is 2.23. The molecule has 0 unspecified atom stereocenters. The Labute approximate surface area is 93.8 Å². The average molecular weight is 240 g/mol. The molecule has 1 saturated carbocycles. The molecule has 1 N–H and O–H groups in total. The maximum Gasteiger partial charge on any atom is 0.335 e. The second-order valence-corrected chi connectivity index (χ2v) is 6.09. The largest absolute Gasteiger partial charge is 0.478 e. The fraction of sp³-hybridized carbons (Fsp3) is 0.364. The van der Waals surface area contributed by atoms with Crippen LogP contribution in [0.3, 0.4) is 0 Å². The number of sulfone groups is 1. The van der Waals surface area contributed by atoms with E-state index in [-0.39, 0.29) is 16.2 Å². The summed E-state index contributed by atoms with van der Waals surface area (Å²) in [4.78, 5) is 10.8. The van der Waals surface area contributed by atoms with Gasteiger partial charge in [0.05, 0.1) is 16.2 Å². The van der Waals surface area contributed by atoms with Crippen molar-refractivity contribution in [3.63, 3.8) is 0 Å². The molecule has 1 fully saturated rings. The Kier molecular flexibility index (Phi) is 2.71. The summed E-state index contributed by atoms with van der Waals surface area (Å²) in [5, 5.41) is 8.68. The number of carboxylic acids is 1. The van der Waals surface area contributed by atoms with Gasteiger partial charge in [-0.1, -0.05) is 0 Å². The lowest BCUT2D eigenvalue weighted by Crippen LogP contribution is -2.08. The van der Waals surface area contributed by atoms with Gasteiger partial charge >= 0.3 is 5.97 Å². The van der Waals surface area contributed by atoms with Gasteiger partial charge in [0, 0.05) is 0 Å². The van der Waals surface area contributed by atoms with E-state index in [4.69, 9.17) is 5.11 Å². The summed E-state index contributed by atoms with van der Waals surface area (Å²) in [6.45, 7) is 0. The molecule has 86 valence electrons. The van der Waals surface area contributed by atoms with Crippen molar-refractivity contribution in [2.24, 2.45) is 5.92 Å². The lowest BCUT2D eigenvalue weighted by molar-refractivity contribution is 0.0697. The molecule has 4 nitrogen and oxygen atoms in total. The lowest BCUT2D eigenvalue weighted by Gasteiger charge is -2.03. The van der Waals surface area contributed by atoms with Gasteiger partial charge in [-0.25, -0.2) is 13.2 Å². The van der Waals surface area contributed by atoms with Crippen LogP contribution in [0.5, 0.6) is 0 Å². The van der Waals surface area contributed by atoms with E-state index in [9.17, 15) is 13.2 Å². The number of aromatic carboxylic acids is 1. The Morgan fingerprint density at radius 2 is 1.81 bits per heavy atom. The van der Waals surface area contributed by atoms with Crippen LogP contribution in [0.15, 0.2) is 29.2 Å². The predicted molar refractivity (Wildman–Crippen MR) is 58.2 cm³/mol. The van der Waals surface area contributed by atoms with Crippen molar-refractivity contribution in [2.45, 2.75) is 17.7 Å². The topological polar surface area (TPSA) is 71.4 Å². The van der Waals surface area contributed by atoms with E-state index in [2.05, 4.69) is 0 Å². The van der Waals surface area contributed by atoms with E-state index in [0.717, 1.165) is 12.8 Å². The van der Waals surface area contributed by atoms with Crippen molar-refractivity contribution < 1.29 is 18.3 Å². The minimum absolute atomic E-state index is 0.102. The van der Waals surface area contributed by atoms with Crippen LogP contribution in [-0.2, 0) is 9.84 Å². The molecular formula is C11H12O4S. The van der Waals surface area contributed by atoms with Gasteiger partial charge in [0.25, 0.3) is 0 Å². The fourth-order valence-corrected chi connectivity index (χ4v) is 3.19. The number of benzene rings is 1. The van der Waals surface area contributed by atoms with Gasteiger partial charge in [-0.2, -0.15) is 0 Å². The van der Waals surface area contributed by atoms with Gasteiger partial charge in [0.2, 0.25) is 0 Å². The fourth-order valence-electron chi connectivity index (χ4n) is 1.50. The molecule has 0 spiro atoms. The zero-order valence-corrected chi connectivity index (χ0v) is 9.40. The molecule has 1 aliphatic rings. The van der Waals surface area contributed by atoms with E-state index >= 15 is 0 Å². The summed E-state index contributed by atoms with van der Waals surface area (Å²) in [5.41, 5.74) is 0.102. The number of rotatable bonds is 4. The van der Waals surface area contributed by atoms with Crippen LogP contribution in [0.1, 0.15) is 23.2 Å². The zero-order valence-electron chi connectivity index (χ0n) is 8.59. The molecule has 0 radical (unpaired) electrons. The SMILES string of the molecule is O=C(O)c1ccc(S(=O)(=O)CC2CC2)cc1. The van der Waals surface area contributed by atoms with Crippen molar-refractivity contribution in [1.82, 2.24) is 0 Å². The summed E-state index contributed by atoms with van der Waals surface area (Å²) in [7, 11) is -3.23. The average Bonchev–Trinajstić information content (AvgIpc) is 3.01. The highest BCUT2D eigenvalue weighted by Crippen LogP contribution is 2.32. The first-order valence-corrected chi connectivity index (χ1v) is 6.70. The van der Waals surface area contributed by atoms with Gasteiger partial charge in [-0.05, 0) is 43.0 Å². The van der Waals surface area contributed by atoms with Crippen LogP contribution in [0.2, 0.25) is 0 Å². The van der Waals surface area contributed by atoms with Crippen LogP contribution in [0.25, 0.3) is 0 Å². The number of carbonyl (C=O) groups is 1. The van der Waals surface area contributed by atoms with Crippen molar-refractivity contribution >= 4 is 15.8 Å². The van der Waals surface area contributed by atoms with E-state index in [1.54, 1.807) is 0 Å². The van der Waals surface area contributed by atoms with Crippen molar-refractivity contribution in [2.75, 3.05) is 5.75 Å². The van der Waals surface area contributed by atoms with Crippen LogP contribution < -0.4 is 0 Å². The first-order valence-electron chi connectivity index (χ1n) is 5.05. The zero-order chi connectivity index (χ0) is 11.8. The van der Waals surface area contributed by atoms with Gasteiger partial charge < -0.3 is 5.11 Å². The van der Waals surface area contributed by atoms with Gasteiger partial charge in [0.1, 0.15) is 0 Å². The lowest BCUT2D eigenvalue weighted by atomic mass is 10.2. The van der Waals surface area contributed by atoms with E-state index < -0.39 is 15.8 Å². The molecular weight excluding hydrogens is 228 g/mol. The monoisotopic (exact) mass is 240 g/mol. The molecule has 0 saturated heterocycles. The highest BCUT2D eigenvalue weighted by Gasteiger charge is 2.28. The first kappa shape index (κ1) is 11.1. The quantitative estimate of drug-likeness (QED) is 0.867. The molecule has 0 heterocycles. The number of carboxylic acid groups (broad SMARTS) is 1. The second kappa shape index (κ2) is 3.90. The Morgan fingerprint density at radius 1 is 1.25 bits per heavy atom. The third-order valence-corrected chi connectivity index (χ3v) is 4.51. The molecule has 0 aromatic heterocycles. The summed E-state index contributed by atoms with van der Waals surface area (Å²) in [5.74, 6) is -0.574. The molecule has 1 aromatic rings. The molecule has 0 bridgehead atoms. The predicted octanol–water partition coefficient (Wildman–Crippen LogP) is 1.57. The van der Waals surface area contributed by atoms with Crippen LogP contribution in [0.4, 0.5) is 0 Å². The highest BCUT2D eigenvalue weighted by molar-refractivity contribution is 7.91. The maximum atomic E-state index is 11.8. The standard InChI is InChI=1S/C11H12O4S/c12-11(13)9-3-5-10(6-4-9)16(14,15)7-8-1-2-8/h3-6,8H,1-2,7H2,(H,12,13). The summed E-state index contributed by atoms with van der Waals surface area (Å²) in [6, 6.07) is 5.37. The van der Waals surface area contributed by atoms with Crippen LogP contribution in [0, 0.1) is 5.92 Å². The Bertz CT molecular complexity index is 497. The summed E-state index contributed by atoms with van der Waals surface area (Å²) >= 11 is 0. The van der Waals surface area contributed by atoms with Crippen LogP contribution >= 0.6 is 0 Å². The second-order valence-electron chi connectivity index (χ2n) is 4.05. The molecule has 1 aliphatic carbocycles. The van der Waals surface area contributed by atoms with Gasteiger partial charge in [0.15, 0.2) is 9.84 Å². The molecule has 5 heteroatoms. The smallest absolute Gasteiger partial charge is 0.335 e. The van der Waals surface area contributed by atoms with Crippen LogP contribution in [-0.4, -0.2) is 25.2 Å². The molecule has 0 amide bonds. The summed E-state index contributed by atoms with van der Waals surface area (Å²) < 4.78 is 23.6. The van der Waals surface area contributed by atoms with Crippen molar-refractivity contribution in [3.8, 4) is 0 Å². The molecule has 2 rings (SSSR count). The Morgan fingerprint density at radius 3 is 2.25 bits per heavy atom. The van der Waals surface area contributed by atoms with Crippen molar-refractivity contribution in [3.05, 3.63) is 29.8 Å². The third-order valence-electron chi connectivity index (χ3n) is 2.61. The summed E-state index contributed by atoms with van der Waals surface area (Å²) in [6.07, 6.45) is 1.96. The minimum atomic E-state index is -3.23. The third kappa shape index (κ3) is 2.41. The molecule has 0 atom stereocenters. The maximum absolute atomic E-state index is 11.8. The van der Waals surface area contributed by atoms with E-state index in [0.29, 0.717) is 5.92 Å². The van der Waals surface area contributed by atoms with E-state index in [1.807, 2.05) is 0 Å². The number of hydrogen-bond donors (Lipinski definition) is 1. The van der Waals surface area contributed by atoms with Crippen molar-refractivity contribution in [1.29, 1.82) is 0 Å².